The molecule has 2 aromatic carbocycles. The SMILES string of the molecule is Cn1cc(C(=O)NC(CC(=O)O)C2CC2)c(NC(=O)OCC2c3ccccc3-c3ccccc32)n1. The minimum atomic E-state index is -0.967. The Kier molecular flexibility index (Phi) is 5.98. The average Bonchev–Trinajstić information content (AvgIpc) is 3.55. The first-order valence-corrected chi connectivity index (χ1v) is 11.6. The molecule has 3 N–H and O–H groups in total. The number of ether oxygens (including phenoxy) is 1. The van der Waals surface area contributed by atoms with E-state index in [1.807, 2.05) is 36.4 Å². The Balaban J connectivity index is 1.26. The maximum absolute atomic E-state index is 12.9. The maximum Gasteiger partial charge on any atom is 0.412 e. The average molecular weight is 475 g/mol. The summed E-state index contributed by atoms with van der Waals surface area (Å²) in [5.41, 5.74) is 4.62. The molecule has 2 amide bonds. The normalized spacial score (nSPS) is 15.1. The van der Waals surface area contributed by atoms with Crippen molar-refractivity contribution in [2.45, 2.75) is 31.2 Å². The Morgan fingerprint density at radius 2 is 1.71 bits per heavy atom. The Morgan fingerprint density at radius 1 is 1.09 bits per heavy atom. The Bertz CT molecular complexity index is 1250. The summed E-state index contributed by atoms with van der Waals surface area (Å²) in [6.45, 7) is 0.136. The highest BCUT2D eigenvalue weighted by atomic mass is 16.5. The van der Waals surface area contributed by atoms with Crippen LogP contribution in [0.4, 0.5) is 10.6 Å². The van der Waals surface area contributed by atoms with Gasteiger partial charge in [0.2, 0.25) is 0 Å². The molecule has 0 aliphatic heterocycles. The van der Waals surface area contributed by atoms with Crippen LogP contribution in [0, 0.1) is 5.92 Å². The fourth-order valence-corrected chi connectivity index (χ4v) is 4.75. The molecule has 1 fully saturated rings. The second-order valence-electron chi connectivity index (χ2n) is 9.03. The molecule has 0 bridgehead atoms. The van der Waals surface area contributed by atoms with Crippen molar-refractivity contribution in [3.8, 4) is 11.1 Å². The molecule has 1 unspecified atom stereocenters. The van der Waals surface area contributed by atoms with Crippen LogP contribution in [0.2, 0.25) is 0 Å². The fourth-order valence-electron chi connectivity index (χ4n) is 4.75. The molecule has 1 aromatic heterocycles. The first-order chi connectivity index (χ1) is 16.9. The van der Waals surface area contributed by atoms with Crippen molar-refractivity contribution in [1.29, 1.82) is 0 Å². The number of rotatable bonds is 8. The first-order valence-electron chi connectivity index (χ1n) is 11.6. The second kappa shape index (κ2) is 9.25. The third-order valence-electron chi connectivity index (χ3n) is 6.54. The summed E-state index contributed by atoms with van der Waals surface area (Å²) in [4.78, 5) is 36.7. The lowest BCUT2D eigenvalue weighted by molar-refractivity contribution is -0.137. The number of nitrogens with zero attached hydrogens (tertiary/aromatic N) is 2. The molecule has 3 aromatic rings. The summed E-state index contributed by atoms with van der Waals surface area (Å²) in [5.74, 6) is -1.32. The van der Waals surface area contributed by atoms with Gasteiger partial charge in [0.25, 0.3) is 5.91 Å². The summed E-state index contributed by atoms with van der Waals surface area (Å²) in [6, 6.07) is 15.7. The number of carbonyl (C=O) groups is 3. The zero-order valence-electron chi connectivity index (χ0n) is 19.2. The van der Waals surface area contributed by atoms with Crippen molar-refractivity contribution >= 4 is 23.8 Å². The summed E-state index contributed by atoms with van der Waals surface area (Å²) in [7, 11) is 1.63. The van der Waals surface area contributed by atoms with Crippen molar-refractivity contribution in [1.82, 2.24) is 15.1 Å². The van der Waals surface area contributed by atoms with Gasteiger partial charge in [-0.05, 0) is 41.0 Å². The van der Waals surface area contributed by atoms with E-state index in [1.165, 1.54) is 10.9 Å². The molecule has 35 heavy (non-hydrogen) atoms. The van der Waals surface area contributed by atoms with Crippen molar-refractivity contribution in [2.24, 2.45) is 13.0 Å². The molecular weight excluding hydrogens is 448 g/mol. The van der Waals surface area contributed by atoms with Gasteiger partial charge in [0, 0.05) is 25.2 Å². The van der Waals surface area contributed by atoms with Gasteiger partial charge in [-0.3, -0.25) is 19.6 Å². The predicted molar refractivity (Wildman–Crippen MR) is 128 cm³/mol. The molecule has 0 spiro atoms. The van der Waals surface area contributed by atoms with Crippen LogP contribution in [0.1, 0.15) is 46.7 Å². The van der Waals surface area contributed by atoms with E-state index in [9.17, 15) is 14.4 Å². The van der Waals surface area contributed by atoms with Crippen molar-refractivity contribution in [2.75, 3.05) is 11.9 Å². The monoisotopic (exact) mass is 474 g/mol. The molecule has 2 aliphatic carbocycles. The number of carbonyl (C=O) groups excluding carboxylic acids is 2. The van der Waals surface area contributed by atoms with Gasteiger partial charge in [0.1, 0.15) is 12.2 Å². The molecule has 1 saturated carbocycles. The molecule has 2 aliphatic rings. The summed E-state index contributed by atoms with van der Waals surface area (Å²) in [6.07, 6.45) is 2.39. The van der Waals surface area contributed by atoms with Crippen LogP contribution >= 0.6 is 0 Å². The highest BCUT2D eigenvalue weighted by Crippen LogP contribution is 2.44. The highest BCUT2D eigenvalue weighted by Gasteiger charge is 2.35. The number of amides is 2. The van der Waals surface area contributed by atoms with Crippen LogP contribution in [0.5, 0.6) is 0 Å². The van der Waals surface area contributed by atoms with Gasteiger partial charge in [0.05, 0.1) is 6.42 Å². The van der Waals surface area contributed by atoms with Gasteiger partial charge in [-0.2, -0.15) is 5.10 Å². The number of anilines is 1. The molecule has 1 atom stereocenters. The summed E-state index contributed by atoms with van der Waals surface area (Å²) < 4.78 is 6.97. The number of benzene rings is 2. The number of hydrogen-bond donors (Lipinski definition) is 3. The quantitative estimate of drug-likeness (QED) is 0.457. The van der Waals surface area contributed by atoms with E-state index in [4.69, 9.17) is 9.84 Å². The predicted octanol–water partition coefficient (Wildman–Crippen LogP) is 3.76. The van der Waals surface area contributed by atoms with Gasteiger partial charge in [0.15, 0.2) is 5.82 Å². The molecule has 0 radical (unpaired) electrons. The van der Waals surface area contributed by atoms with E-state index in [0.717, 1.165) is 35.1 Å². The molecule has 9 heteroatoms. The second-order valence-corrected chi connectivity index (χ2v) is 9.03. The van der Waals surface area contributed by atoms with Gasteiger partial charge in [-0.15, -0.1) is 0 Å². The smallest absolute Gasteiger partial charge is 0.412 e. The number of aromatic nitrogens is 2. The van der Waals surface area contributed by atoms with E-state index >= 15 is 0 Å². The molecule has 5 rings (SSSR count). The van der Waals surface area contributed by atoms with Crippen LogP contribution in [-0.2, 0) is 16.6 Å². The molecule has 1 heterocycles. The lowest BCUT2D eigenvalue weighted by atomic mass is 9.98. The number of carboxylic acids is 1. The minimum Gasteiger partial charge on any atom is -0.481 e. The van der Waals surface area contributed by atoms with E-state index in [-0.39, 0.29) is 36.2 Å². The zero-order chi connectivity index (χ0) is 24.5. The van der Waals surface area contributed by atoms with Crippen molar-refractivity contribution < 1.29 is 24.2 Å². The van der Waals surface area contributed by atoms with Gasteiger partial charge < -0.3 is 15.2 Å². The van der Waals surface area contributed by atoms with Crippen LogP contribution in [-0.4, -0.2) is 45.5 Å². The van der Waals surface area contributed by atoms with Crippen molar-refractivity contribution in [3.05, 3.63) is 71.4 Å². The number of carboxylic acid groups (broad SMARTS) is 1. The number of aliphatic carboxylic acids is 1. The van der Waals surface area contributed by atoms with E-state index in [2.05, 4.69) is 27.9 Å². The van der Waals surface area contributed by atoms with Crippen LogP contribution in [0.25, 0.3) is 11.1 Å². The standard InChI is InChI=1S/C26H26N4O5/c1-30-13-20(25(33)27-22(12-23(31)32)15-10-11-15)24(29-30)28-26(34)35-14-21-18-8-4-2-6-16(18)17-7-3-5-9-19(17)21/h2-9,13,15,21-22H,10-12,14H2,1H3,(H,27,33)(H,31,32)(H,28,29,34). The molecule has 0 saturated heterocycles. The highest BCUT2D eigenvalue weighted by molar-refractivity contribution is 6.01. The number of hydrogen-bond acceptors (Lipinski definition) is 5. The number of fused-ring (bicyclic) bond motifs is 3. The molecular formula is C26H26N4O5. The van der Waals surface area contributed by atoms with Crippen LogP contribution < -0.4 is 10.6 Å². The Hall–Kier alpha value is -4.14. The van der Waals surface area contributed by atoms with Gasteiger partial charge in [-0.25, -0.2) is 4.79 Å². The van der Waals surface area contributed by atoms with Gasteiger partial charge >= 0.3 is 12.1 Å². The number of nitrogens with one attached hydrogen (secondary N) is 2. The Labute approximate surface area is 202 Å². The van der Waals surface area contributed by atoms with E-state index in [0.29, 0.717) is 0 Å². The van der Waals surface area contributed by atoms with E-state index in [1.54, 1.807) is 7.05 Å². The number of aryl methyl sites for hydroxylation is 1. The Morgan fingerprint density at radius 3 is 2.31 bits per heavy atom. The lowest BCUT2D eigenvalue weighted by Crippen LogP contribution is -2.38. The lowest BCUT2D eigenvalue weighted by Gasteiger charge is -2.16. The van der Waals surface area contributed by atoms with Crippen LogP contribution in [0.3, 0.4) is 0 Å². The minimum absolute atomic E-state index is 0.0621. The van der Waals surface area contributed by atoms with Crippen molar-refractivity contribution in [3.63, 3.8) is 0 Å². The van der Waals surface area contributed by atoms with Gasteiger partial charge in [-0.1, -0.05) is 48.5 Å². The van der Waals surface area contributed by atoms with Crippen LogP contribution in [0.15, 0.2) is 54.7 Å². The largest absolute Gasteiger partial charge is 0.481 e. The molecule has 9 nitrogen and oxygen atoms in total. The van der Waals surface area contributed by atoms with E-state index < -0.39 is 24.0 Å². The molecule has 180 valence electrons. The zero-order valence-corrected chi connectivity index (χ0v) is 19.2. The third-order valence-corrected chi connectivity index (χ3v) is 6.54. The summed E-state index contributed by atoms with van der Waals surface area (Å²) in [5, 5.41) is 18.7. The fraction of sp³-hybridized carbons (Fsp3) is 0.308. The first kappa shape index (κ1) is 22.6. The third kappa shape index (κ3) is 4.75. The topological polar surface area (TPSA) is 123 Å². The summed E-state index contributed by atoms with van der Waals surface area (Å²) >= 11 is 0. The maximum atomic E-state index is 12.9.